The number of benzene rings is 1. The van der Waals surface area contributed by atoms with Crippen molar-refractivity contribution < 1.29 is 14.8 Å². The number of rotatable bonds is 3. The Hall–Kier alpha value is -2.77. The topological polar surface area (TPSA) is 82.9 Å². The van der Waals surface area contributed by atoms with Crippen molar-refractivity contribution in [2.45, 2.75) is 45.6 Å². The van der Waals surface area contributed by atoms with E-state index < -0.39 is 0 Å². The summed E-state index contributed by atoms with van der Waals surface area (Å²) in [5.41, 5.74) is 5.50. The number of halogens is 1. The molecule has 6 nitrogen and oxygen atoms in total. The highest BCUT2D eigenvalue weighted by Gasteiger charge is 2.32. The van der Waals surface area contributed by atoms with Gasteiger partial charge in [-0.3, -0.25) is 14.5 Å². The van der Waals surface area contributed by atoms with E-state index in [4.69, 9.17) is 16.6 Å². The summed E-state index contributed by atoms with van der Waals surface area (Å²) in [5, 5.41) is 14.2. The predicted octanol–water partition coefficient (Wildman–Crippen LogP) is 4.89. The number of fused-ring (bicyclic) bond motifs is 3. The van der Waals surface area contributed by atoms with E-state index >= 15 is 0 Å². The van der Waals surface area contributed by atoms with E-state index in [9.17, 15) is 14.8 Å². The van der Waals surface area contributed by atoms with E-state index in [2.05, 4.69) is 5.16 Å². The van der Waals surface area contributed by atoms with Crippen LogP contribution in [0.5, 0.6) is 0 Å². The molecule has 0 saturated carbocycles. The van der Waals surface area contributed by atoms with Crippen LogP contribution in [-0.4, -0.2) is 32.6 Å². The van der Waals surface area contributed by atoms with Crippen LogP contribution in [0.4, 0.5) is 0 Å². The fraction of sp³-hybridized carbons (Fsp3) is 0.304. The summed E-state index contributed by atoms with van der Waals surface area (Å²) >= 11 is 8.48. The van der Waals surface area contributed by atoms with E-state index in [0.29, 0.717) is 23.6 Å². The Labute approximate surface area is 188 Å². The Balaban J connectivity index is 1.73. The fourth-order valence-electron chi connectivity index (χ4n) is 4.34. The SMILES string of the molecule is Cc1ccc(-c2c(Cl)c(CN3C(=O)CCC3=O)nc3sc4c(c23)CC/C(=N/O)C4)cc1. The molecule has 0 atom stereocenters. The maximum Gasteiger partial charge on any atom is 0.230 e. The van der Waals surface area contributed by atoms with Crippen molar-refractivity contribution in [1.29, 1.82) is 0 Å². The summed E-state index contributed by atoms with van der Waals surface area (Å²) in [6.45, 7) is 2.11. The van der Waals surface area contributed by atoms with Crippen molar-refractivity contribution in [2.24, 2.45) is 5.16 Å². The number of carbonyl (C=O) groups is 2. The van der Waals surface area contributed by atoms with Crippen LogP contribution in [0.25, 0.3) is 21.3 Å². The molecule has 0 spiro atoms. The molecule has 5 rings (SSSR count). The third kappa shape index (κ3) is 3.42. The number of oxime groups is 1. The molecule has 31 heavy (non-hydrogen) atoms. The van der Waals surface area contributed by atoms with E-state index in [1.54, 1.807) is 11.3 Å². The van der Waals surface area contributed by atoms with Gasteiger partial charge in [0.15, 0.2) is 0 Å². The highest BCUT2D eigenvalue weighted by Crippen LogP contribution is 2.44. The van der Waals surface area contributed by atoms with Gasteiger partial charge in [0.05, 0.1) is 23.0 Å². The first-order valence-electron chi connectivity index (χ1n) is 10.2. The number of likely N-dealkylation sites (tertiary alicyclic amines) is 1. The molecule has 2 amide bonds. The molecule has 0 radical (unpaired) electrons. The minimum absolute atomic E-state index is 0.0806. The molecule has 1 N–H and O–H groups in total. The number of hydrogen-bond acceptors (Lipinski definition) is 6. The molecule has 0 unspecified atom stereocenters. The van der Waals surface area contributed by atoms with Crippen LogP contribution in [0.15, 0.2) is 29.4 Å². The van der Waals surface area contributed by atoms with Crippen LogP contribution >= 0.6 is 22.9 Å². The molecule has 2 aliphatic rings. The first-order chi connectivity index (χ1) is 15.0. The number of carbonyl (C=O) groups excluding carboxylic acids is 2. The monoisotopic (exact) mass is 453 g/mol. The van der Waals surface area contributed by atoms with Crippen LogP contribution in [-0.2, 0) is 29.0 Å². The Morgan fingerprint density at radius 3 is 2.52 bits per heavy atom. The highest BCUT2D eigenvalue weighted by atomic mass is 35.5. The maximum absolute atomic E-state index is 12.2. The molecule has 1 aromatic carbocycles. The van der Waals surface area contributed by atoms with Gasteiger partial charge in [0.1, 0.15) is 4.83 Å². The average Bonchev–Trinajstić information content (AvgIpc) is 3.28. The van der Waals surface area contributed by atoms with Gasteiger partial charge < -0.3 is 5.21 Å². The normalized spacial score (nSPS) is 17.7. The van der Waals surface area contributed by atoms with Crippen LogP contribution in [0.3, 0.4) is 0 Å². The molecule has 2 aromatic heterocycles. The van der Waals surface area contributed by atoms with Crippen LogP contribution in [0.2, 0.25) is 5.02 Å². The lowest BCUT2D eigenvalue weighted by Gasteiger charge is -2.18. The van der Waals surface area contributed by atoms with Gasteiger partial charge in [-0.15, -0.1) is 11.3 Å². The summed E-state index contributed by atoms with van der Waals surface area (Å²) in [5.74, 6) is -0.372. The molecule has 1 fully saturated rings. The number of nitrogens with zero attached hydrogens (tertiary/aromatic N) is 3. The Morgan fingerprint density at radius 2 is 1.84 bits per heavy atom. The number of thiophene rings is 1. The minimum Gasteiger partial charge on any atom is -0.411 e. The molecular weight excluding hydrogens is 434 g/mol. The lowest BCUT2D eigenvalue weighted by molar-refractivity contribution is -0.139. The summed E-state index contributed by atoms with van der Waals surface area (Å²) < 4.78 is 0. The van der Waals surface area contributed by atoms with Crippen molar-refractivity contribution in [3.8, 4) is 11.1 Å². The second-order valence-corrected chi connectivity index (χ2v) is 9.48. The molecule has 3 aromatic rings. The lowest BCUT2D eigenvalue weighted by atomic mass is 9.91. The second-order valence-electron chi connectivity index (χ2n) is 8.01. The summed E-state index contributed by atoms with van der Waals surface area (Å²) in [7, 11) is 0. The van der Waals surface area contributed by atoms with Gasteiger partial charge in [0.25, 0.3) is 0 Å². The second kappa shape index (κ2) is 7.73. The van der Waals surface area contributed by atoms with Crippen molar-refractivity contribution in [2.75, 3.05) is 0 Å². The van der Waals surface area contributed by atoms with Crippen molar-refractivity contribution in [3.05, 3.63) is 51.0 Å². The van der Waals surface area contributed by atoms with Gasteiger partial charge >= 0.3 is 0 Å². The van der Waals surface area contributed by atoms with Gasteiger partial charge in [-0.1, -0.05) is 46.6 Å². The number of aromatic nitrogens is 1. The fourth-order valence-corrected chi connectivity index (χ4v) is 5.93. The van der Waals surface area contributed by atoms with Crippen LogP contribution in [0, 0.1) is 6.92 Å². The smallest absolute Gasteiger partial charge is 0.230 e. The van der Waals surface area contributed by atoms with Crippen LogP contribution < -0.4 is 0 Å². The predicted molar refractivity (Wildman–Crippen MR) is 121 cm³/mol. The number of amides is 2. The van der Waals surface area contributed by atoms with Gasteiger partial charge in [-0.2, -0.15) is 0 Å². The number of aryl methyl sites for hydroxylation is 2. The van der Waals surface area contributed by atoms with Gasteiger partial charge in [-0.25, -0.2) is 4.98 Å². The van der Waals surface area contributed by atoms with E-state index in [1.165, 1.54) is 10.5 Å². The first kappa shape index (κ1) is 20.2. The lowest BCUT2D eigenvalue weighted by Crippen LogP contribution is -2.29. The molecule has 8 heteroatoms. The van der Waals surface area contributed by atoms with Crippen molar-refractivity contribution in [3.63, 3.8) is 0 Å². The van der Waals surface area contributed by atoms with E-state index in [0.717, 1.165) is 43.9 Å². The zero-order valence-corrected chi connectivity index (χ0v) is 18.5. The number of pyridine rings is 1. The minimum atomic E-state index is -0.186. The number of imide groups is 1. The standard InChI is InChI=1S/C23H20ClN3O3S/c1-12-2-4-13(5-3-12)20-21-15-7-6-14(26-30)10-17(15)31-23(21)25-16(22(20)24)11-27-18(28)8-9-19(27)29/h2-5,30H,6-11H2,1H3/b26-14-. The largest absolute Gasteiger partial charge is 0.411 e. The van der Waals surface area contributed by atoms with Crippen LogP contribution in [0.1, 0.15) is 41.0 Å². The zero-order valence-electron chi connectivity index (χ0n) is 16.9. The van der Waals surface area contributed by atoms with E-state index in [1.807, 2.05) is 31.2 Å². The Bertz CT molecular complexity index is 1250. The Morgan fingerprint density at radius 1 is 1.13 bits per heavy atom. The third-order valence-electron chi connectivity index (χ3n) is 6.00. The Kier molecular flexibility index (Phi) is 5.02. The quantitative estimate of drug-likeness (QED) is 0.347. The van der Waals surface area contributed by atoms with Gasteiger partial charge in [0.2, 0.25) is 11.8 Å². The molecule has 158 valence electrons. The molecule has 0 bridgehead atoms. The van der Waals surface area contributed by atoms with E-state index in [-0.39, 0.29) is 31.2 Å². The summed E-state index contributed by atoms with van der Waals surface area (Å²) in [4.78, 5) is 32.4. The summed E-state index contributed by atoms with van der Waals surface area (Å²) in [6.07, 6.45) is 2.52. The third-order valence-corrected chi connectivity index (χ3v) is 7.54. The highest BCUT2D eigenvalue weighted by molar-refractivity contribution is 7.19. The molecule has 1 saturated heterocycles. The molecule has 3 heterocycles. The van der Waals surface area contributed by atoms with Crippen molar-refractivity contribution in [1.82, 2.24) is 9.88 Å². The van der Waals surface area contributed by atoms with Gasteiger partial charge in [-0.05, 0) is 30.9 Å². The van der Waals surface area contributed by atoms with Crippen molar-refractivity contribution >= 4 is 50.7 Å². The summed E-state index contributed by atoms with van der Waals surface area (Å²) in [6, 6.07) is 8.17. The molecule has 1 aliphatic carbocycles. The van der Waals surface area contributed by atoms with Gasteiger partial charge in [0, 0.05) is 35.1 Å². The maximum atomic E-state index is 12.2. The first-order valence-corrected chi connectivity index (χ1v) is 11.4. The zero-order chi connectivity index (χ0) is 21.7. The molecular formula is C23H20ClN3O3S. The molecule has 1 aliphatic heterocycles. The average molecular weight is 454 g/mol. The number of hydrogen-bond donors (Lipinski definition) is 1.